The molecular weight excluding hydrogens is 329 g/mol. The highest BCUT2D eigenvalue weighted by atomic mass is 35.5. The smallest absolute Gasteiger partial charge is 0.162 e. The molecule has 0 radical (unpaired) electrons. The zero-order chi connectivity index (χ0) is 13.2. The standard InChI is InChI=1S/C14H19N3OS.2ClH/c1-17(12(7-15)10-4-5-10)8-11-9-19-14(16-11)13-3-2-6-18-13;;/h2-3,6,9-10,12H,4-5,7-8,15H2,1H3;2*1H. The van der Waals surface area contributed by atoms with E-state index in [1.807, 2.05) is 12.1 Å². The Balaban J connectivity index is 0.00000110. The van der Waals surface area contributed by atoms with E-state index in [-0.39, 0.29) is 24.8 Å². The van der Waals surface area contributed by atoms with Gasteiger partial charge in [-0.25, -0.2) is 4.98 Å². The first kappa shape index (κ1) is 18.5. The Hall–Kier alpha value is -0.590. The lowest BCUT2D eigenvalue weighted by Gasteiger charge is -2.26. The predicted molar refractivity (Wildman–Crippen MR) is 91.3 cm³/mol. The summed E-state index contributed by atoms with van der Waals surface area (Å²) in [5.41, 5.74) is 6.97. The Bertz CT molecular complexity index is 528. The molecule has 1 unspecified atom stereocenters. The number of hydrogen-bond acceptors (Lipinski definition) is 5. The van der Waals surface area contributed by atoms with Gasteiger partial charge in [0.2, 0.25) is 0 Å². The van der Waals surface area contributed by atoms with E-state index in [1.165, 1.54) is 12.8 Å². The largest absolute Gasteiger partial charge is 0.462 e. The van der Waals surface area contributed by atoms with E-state index >= 15 is 0 Å². The van der Waals surface area contributed by atoms with Gasteiger partial charge in [0, 0.05) is 24.5 Å². The van der Waals surface area contributed by atoms with Crippen LogP contribution in [0.25, 0.3) is 10.8 Å². The zero-order valence-corrected chi connectivity index (χ0v) is 14.3. The highest BCUT2D eigenvalue weighted by Crippen LogP contribution is 2.35. The van der Waals surface area contributed by atoms with Crippen LogP contribution in [0.15, 0.2) is 28.2 Å². The van der Waals surface area contributed by atoms with Crippen molar-refractivity contribution >= 4 is 36.2 Å². The molecule has 1 saturated carbocycles. The van der Waals surface area contributed by atoms with Crippen LogP contribution in [0, 0.1) is 5.92 Å². The van der Waals surface area contributed by atoms with Gasteiger partial charge in [-0.15, -0.1) is 36.2 Å². The second kappa shape index (κ2) is 8.15. The minimum absolute atomic E-state index is 0. The van der Waals surface area contributed by atoms with Crippen molar-refractivity contribution in [1.82, 2.24) is 9.88 Å². The topological polar surface area (TPSA) is 55.3 Å². The maximum absolute atomic E-state index is 5.88. The van der Waals surface area contributed by atoms with Gasteiger partial charge < -0.3 is 10.2 Å². The van der Waals surface area contributed by atoms with Gasteiger partial charge in [0.25, 0.3) is 0 Å². The normalized spacial score (nSPS) is 15.4. The number of thiazole rings is 1. The van der Waals surface area contributed by atoms with Gasteiger partial charge in [0.1, 0.15) is 0 Å². The molecule has 0 bridgehead atoms. The summed E-state index contributed by atoms with van der Waals surface area (Å²) in [6.45, 7) is 1.59. The van der Waals surface area contributed by atoms with Crippen LogP contribution in [0.5, 0.6) is 0 Å². The molecule has 0 amide bonds. The van der Waals surface area contributed by atoms with Crippen LogP contribution in [0.2, 0.25) is 0 Å². The quantitative estimate of drug-likeness (QED) is 0.867. The number of halogens is 2. The molecule has 2 aromatic rings. The van der Waals surface area contributed by atoms with Crippen molar-refractivity contribution in [1.29, 1.82) is 0 Å². The van der Waals surface area contributed by atoms with Gasteiger partial charge in [-0.1, -0.05) is 0 Å². The number of likely N-dealkylation sites (N-methyl/N-ethyl adjacent to an activating group) is 1. The van der Waals surface area contributed by atoms with Gasteiger partial charge >= 0.3 is 0 Å². The third kappa shape index (κ3) is 4.44. The van der Waals surface area contributed by atoms with Crippen molar-refractivity contribution in [3.05, 3.63) is 29.5 Å². The Morgan fingerprint density at radius 3 is 2.81 bits per heavy atom. The van der Waals surface area contributed by atoms with Crippen molar-refractivity contribution in [3.63, 3.8) is 0 Å². The van der Waals surface area contributed by atoms with Crippen LogP contribution in [-0.4, -0.2) is 29.5 Å². The molecular formula is C14H21Cl2N3OS. The predicted octanol–water partition coefficient (Wildman–Crippen LogP) is 3.42. The van der Waals surface area contributed by atoms with Gasteiger partial charge in [-0.2, -0.15) is 0 Å². The fraction of sp³-hybridized carbons (Fsp3) is 0.500. The first-order chi connectivity index (χ1) is 9.28. The molecule has 1 fully saturated rings. The van der Waals surface area contributed by atoms with Gasteiger partial charge in [-0.05, 0) is 37.9 Å². The lowest BCUT2D eigenvalue weighted by Crippen LogP contribution is -2.39. The summed E-state index contributed by atoms with van der Waals surface area (Å²) in [6.07, 6.45) is 4.32. The second-order valence-corrected chi connectivity index (χ2v) is 6.03. The van der Waals surface area contributed by atoms with E-state index in [1.54, 1.807) is 17.6 Å². The average Bonchev–Trinajstić information content (AvgIpc) is 2.93. The van der Waals surface area contributed by atoms with E-state index in [4.69, 9.17) is 10.2 Å². The molecule has 0 spiro atoms. The van der Waals surface area contributed by atoms with Crippen LogP contribution in [-0.2, 0) is 6.54 Å². The average molecular weight is 350 g/mol. The SMILES string of the molecule is CN(Cc1csc(-c2ccco2)n1)C(CN)C1CC1.Cl.Cl. The lowest BCUT2D eigenvalue weighted by atomic mass is 10.1. The zero-order valence-electron chi connectivity index (χ0n) is 11.9. The summed E-state index contributed by atoms with van der Waals surface area (Å²) in [6, 6.07) is 4.33. The Morgan fingerprint density at radius 1 is 1.48 bits per heavy atom. The second-order valence-electron chi connectivity index (χ2n) is 5.18. The molecule has 21 heavy (non-hydrogen) atoms. The first-order valence-electron chi connectivity index (χ1n) is 6.66. The molecule has 2 N–H and O–H groups in total. The first-order valence-corrected chi connectivity index (χ1v) is 7.54. The summed E-state index contributed by atoms with van der Waals surface area (Å²) in [7, 11) is 2.14. The third-order valence-corrected chi connectivity index (χ3v) is 4.57. The Labute approximate surface area is 141 Å². The number of hydrogen-bond donors (Lipinski definition) is 1. The number of nitrogens with zero attached hydrogens (tertiary/aromatic N) is 2. The van der Waals surface area contributed by atoms with E-state index < -0.39 is 0 Å². The Kier molecular flexibility index (Phi) is 7.16. The van der Waals surface area contributed by atoms with E-state index in [2.05, 4.69) is 22.3 Å². The molecule has 1 aliphatic rings. The lowest BCUT2D eigenvalue weighted by molar-refractivity contribution is 0.213. The highest BCUT2D eigenvalue weighted by Gasteiger charge is 2.32. The van der Waals surface area contributed by atoms with Crippen LogP contribution < -0.4 is 5.73 Å². The maximum Gasteiger partial charge on any atom is 0.162 e. The van der Waals surface area contributed by atoms with Crippen molar-refractivity contribution < 1.29 is 4.42 Å². The third-order valence-electron chi connectivity index (χ3n) is 3.67. The van der Waals surface area contributed by atoms with Gasteiger partial charge in [0.05, 0.1) is 12.0 Å². The molecule has 7 heteroatoms. The molecule has 1 aliphatic carbocycles. The summed E-state index contributed by atoms with van der Waals surface area (Å²) in [5, 5.41) is 3.05. The number of nitrogens with two attached hydrogens (primary N) is 1. The van der Waals surface area contributed by atoms with Crippen LogP contribution in [0.3, 0.4) is 0 Å². The molecule has 3 rings (SSSR count). The van der Waals surface area contributed by atoms with Gasteiger partial charge in [-0.3, -0.25) is 4.90 Å². The molecule has 118 valence electrons. The van der Waals surface area contributed by atoms with E-state index in [0.717, 1.165) is 35.5 Å². The van der Waals surface area contributed by atoms with Crippen molar-refractivity contribution in [2.45, 2.75) is 25.4 Å². The monoisotopic (exact) mass is 349 g/mol. The number of aromatic nitrogens is 1. The molecule has 0 aromatic carbocycles. The summed E-state index contributed by atoms with van der Waals surface area (Å²) in [5.74, 6) is 1.63. The minimum atomic E-state index is 0. The van der Waals surface area contributed by atoms with Crippen molar-refractivity contribution in [3.8, 4) is 10.8 Å². The Morgan fingerprint density at radius 2 is 2.24 bits per heavy atom. The fourth-order valence-electron chi connectivity index (χ4n) is 2.48. The molecule has 0 saturated heterocycles. The van der Waals surface area contributed by atoms with E-state index in [0.29, 0.717) is 6.04 Å². The van der Waals surface area contributed by atoms with Crippen LogP contribution >= 0.6 is 36.2 Å². The van der Waals surface area contributed by atoms with E-state index in [9.17, 15) is 0 Å². The van der Waals surface area contributed by atoms with Gasteiger partial charge in [0.15, 0.2) is 10.8 Å². The maximum atomic E-state index is 5.88. The highest BCUT2D eigenvalue weighted by molar-refractivity contribution is 7.13. The molecule has 4 nitrogen and oxygen atoms in total. The fourth-order valence-corrected chi connectivity index (χ4v) is 3.26. The molecule has 2 heterocycles. The van der Waals surface area contributed by atoms with Crippen LogP contribution in [0.4, 0.5) is 0 Å². The summed E-state index contributed by atoms with van der Waals surface area (Å²) in [4.78, 5) is 6.96. The van der Waals surface area contributed by atoms with Crippen LogP contribution in [0.1, 0.15) is 18.5 Å². The molecule has 1 atom stereocenters. The molecule has 2 aromatic heterocycles. The molecule has 0 aliphatic heterocycles. The number of rotatable bonds is 6. The minimum Gasteiger partial charge on any atom is -0.462 e. The van der Waals surface area contributed by atoms with Crippen molar-refractivity contribution in [2.75, 3.05) is 13.6 Å². The summed E-state index contributed by atoms with van der Waals surface area (Å²) >= 11 is 1.63. The summed E-state index contributed by atoms with van der Waals surface area (Å²) < 4.78 is 5.37. The van der Waals surface area contributed by atoms with Crippen molar-refractivity contribution in [2.24, 2.45) is 11.7 Å². The number of furan rings is 1.